The monoisotopic (exact) mass is 322 g/mol. The molecule has 1 aliphatic rings. The van der Waals surface area contributed by atoms with Crippen LogP contribution in [0.4, 0.5) is 8.78 Å². The summed E-state index contributed by atoms with van der Waals surface area (Å²) >= 11 is 0. The molecule has 2 aromatic heterocycles. The van der Waals surface area contributed by atoms with Gasteiger partial charge in [0.2, 0.25) is 5.91 Å². The number of halogens is 2. The van der Waals surface area contributed by atoms with Gasteiger partial charge < -0.3 is 14.4 Å². The van der Waals surface area contributed by atoms with Crippen LogP contribution in [0.25, 0.3) is 11.0 Å². The highest BCUT2D eigenvalue weighted by Crippen LogP contribution is 2.26. The van der Waals surface area contributed by atoms with Gasteiger partial charge in [-0.05, 0) is 25.2 Å². The first kappa shape index (κ1) is 15.9. The lowest BCUT2D eigenvalue weighted by Gasteiger charge is -2.32. The number of hydrogen-bond acceptors (Lipinski definition) is 3. The summed E-state index contributed by atoms with van der Waals surface area (Å²) in [5.41, 5.74) is 0.429. The zero-order valence-corrected chi connectivity index (χ0v) is 13.1. The second-order valence-electron chi connectivity index (χ2n) is 5.87. The second-order valence-corrected chi connectivity index (χ2v) is 5.87. The molecular weight excluding hydrogens is 302 g/mol. The Morgan fingerprint density at radius 3 is 2.74 bits per heavy atom. The highest BCUT2D eigenvalue weighted by molar-refractivity contribution is 5.79. The molecule has 0 aromatic carbocycles. The van der Waals surface area contributed by atoms with E-state index < -0.39 is 6.43 Å². The maximum Gasteiger partial charge on any atom is 0.278 e. The predicted octanol–water partition coefficient (Wildman–Crippen LogP) is 2.14. The lowest BCUT2D eigenvalue weighted by atomic mass is 10.3. The zero-order valence-electron chi connectivity index (χ0n) is 13.1. The number of alkyl halides is 2. The first-order valence-electron chi connectivity index (χ1n) is 7.75. The minimum Gasteiger partial charge on any atom is -0.340 e. The number of nitrogens with zero attached hydrogens (tertiary/aromatic N) is 4. The molecule has 0 unspecified atom stereocenters. The molecule has 0 saturated carbocycles. The lowest BCUT2D eigenvalue weighted by molar-refractivity contribution is -0.133. The van der Waals surface area contributed by atoms with Gasteiger partial charge in [-0.15, -0.1) is 0 Å². The fourth-order valence-electron chi connectivity index (χ4n) is 2.94. The third kappa shape index (κ3) is 3.34. The van der Waals surface area contributed by atoms with Gasteiger partial charge in [0.15, 0.2) is 0 Å². The van der Waals surface area contributed by atoms with Crippen molar-refractivity contribution < 1.29 is 13.6 Å². The smallest absolute Gasteiger partial charge is 0.278 e. The van der Waals surface area contributed by atoms with Gasteiger partial charge in [-0.2, -0.15) is 0 Å². The quantitative estimate of drug-likeness (QED) is 0.866. The number of aryl methyl sites for hydroxylation is 1. The summed E-state index contributed by atoms with van der Waals surface area (Å²) in [5, 5.41) is 0.676. The number of amides is 1. The summed E-state index contributed by atoms with van der Waals surface area (Å²) in [6.45, 7) is 3.32. The Kier molecular flexibility index (Phi) is 4.56. The Labute approximate surface area is 133 Å². The van der Waals surface area contributed by atoms with E-state index in [0.717, 1.165) is 13.1 Å². The highest BCUT2D eigenvalue weighted by Gasteiger charge is 2.21. The summed E-state index contributed by atoms with van der Waals surface area (Å²) in [7, 11) is 2.02. The van der Waals surface area contributed by atoms with Gasteiger partial charge in [0.25, 0.3) is 6.43 Å². The molecule has 7 heteroatoms. The molecule has 0 radical (unpaired) electrons. The predicted molar refractivity (Wildman–Crippen MR) is 83.4 cm³/mol. The van der Waals surface area contributed by atoms with Gasteiger partial charge in [0.05, 0.1) is 5.69 Å². The van der Waals surface area contributed by atoms with Gasteiger partial charge >= 0.3 is 0 Å². The number of fused-ring (bicyclic) bond motifs is 1. The molecule has 3 rings (SSSR count). The average Bonchev–Trinajstić information content (AvgIpc) is 2.92. The molecule has 5 nitrogen and oxygen atoms in total. The van der Waals surface area contributed by atoms with Crippen molar-refractivity contribution in [3.63, 3.8) is 0 Å². The molecule has 0 spiro atoms. The van der Waals surface area contributed by atoms with Crippen LogP contribution in [-0.4, -0.2) is 58.5 Å². The van der Waals surface area contributed by atoms with Crippen molar-refractivity contribution in [1.29, 1.82) is 0 Å². The van der Waals surface area contributed by atoms with Crippen molar-refractivity contribution in [3.05, 3.63) is 30.1 Å². The Hall–Kier alpha value is -2.02. The maximum absolute atomic E-state index is 13.2. The standard InChI is InChI=1S/C16H20F2N4O/c1-20-7-9-21(10-8-20)14(23)4-6-22-13(15(17)18)11-12-3-2-5-19-16(12)22/h2-3,5,11,15H,4,6-10H2,1H3. The van der Waals surface area contributed by atoms with Gasteiger partial charge in [-0.1, -0.05) is 0 Å². The normalized spacial score (nSPS) is 16.4. The van der Waals surface area contributed by atoms with Crippen molar-refractivity contribution in [1.82, 2.24) is 19.4 Å². The van der Waals surface area contributed by atoms with Crippen LogP contribution in [0.15, 0.2) is 24.4 Å². The van der Waals surface area contributed by atoms with Crippen molar-refractivity contribution in [2.45, 2.75) is 19.4 Å². The van der Waals surface area contributed by atoms with Crippen LogP contribution in [0, 0.1) is 0 Å². The summed E-state index contributed by atoms with van der Waals surface area (Å²) < 4.78 is 27.9. The third-order valence-electron chi connectivity index (χ3n) is 4.32. The molecule has 1 aliphatic heterocycles. The molecule has 0 N–H and O–H groups in total. The van der Waals surface area contributed by atoms with Crippen molar-refractivity contribution >= 4 is 16.9 Å². The van der Waals surface area contributed by atoms with Crippen LogP contribution in [0.3, 0.4) is 0 Å². The molecule has 124 valence electrons. The summed E-state index contributed by atoms with van der Waals surface area (Å²) in [5.74, 6) is 0.0103. The molecule has 1 amide bonds. The first-order valence-corrected chi connectivity index (χ1v) is 7.75. The van der Waals surface area contributed by atoms with Crippen molar-refractivity contribution in [2.24, 2.45) is 0 Å². The first-order chi connectivity index (χ1) is 11.1. The molecule has 23 heavy (non-hydrogen) atoms. The Morgan fingerprint density at radius 1 is 1.30 bits per heavy atom. The van der Waals surface area contributed by atoms with E-state index in [2.05, 4.69) is 9.88 Å². The highest BCUT2D eigenvalue weighted by atomic mass is 19.3. The van der Waals surface area contributed by atoms with Gasteiger partial charge in [-0.3, -0.25) is 4.79 Å². The average molecular weight is 322 g/mol. The van der Waals surface area contributed by atoms with Gasteiger partial charge in [-0.25, -0.2) is 13.8 Å². The van der Waals surface area contributed by atoms with E-state index in [-0.39, 0.29) is 24.6 Å². The molecule has 0 aliphatic carbocycles. The Balaban J connectivity index is 1.73. The zero-order chi connectivity index (χ0) is 16.4. The number of aromatic nitrogens is 2. The Bertz CT molecular complexity index is 692. The number of carbonyl (C=O) groups is 1. The third-order valence-corrected chi connectivity index (χ3v) is 4.32. The molecule has 2 aromatic rings. The van der Waals surface area contributed by atoms with Crippen LogP contribution < -0.4 is 0 Å². The minimum absolute atomic E-state index is 0.0103. The maximum atomic E-state index is 13.2. The van der Waals surface area contributed by atoms with E-state index in [9.17, 15) is 13.6 Å². The van der Waals surface area contributed by atoms with Gasteiger partial charge in [0, 0.05) is 50.7 Å². The molecule has 3 heterocycles. The van der Waals surface area contributed by atoms with Crippen LogP contribution in [0.5, 0.6) is 0 Å². The lowest BCUT2D eigenvalue weighted by Crippen LogP contribution is -2.47. The molecule has 0 atom stereocenters. The van der Waals surface area contributed by atoms with E-state index in [1.165, 1.54) is 10.6 Å². The molecule has 0 bridgehead atoms. The van der Waals surface area contributed by atoms with Crippen molar-refractivity contribution in [2.75, 3.05) is 33.2 Å². The van der Waals surface area contributed by atoms with E-state index >= 15 is 0 Å². The van der Waals surface area contributed by atoms with E-state index in [1.807, 2.05) is 7.05 Å². The number of rotatable bonds is 4. The number of likely N-dealkylation sites (N-methyl/N-ethyl adjacent to an activating group) is 1. The molecule has 1 fully saturated rings. The fraction of sp³-hybridized carbons (Fsp3) is 0.500. The summed E-state index contributed by atoms with van der Waals surface area (Å²) in [6.07, 6.45) is -0.789. The fourth-order valence-corrected chi connectivity index (χ4v) is 2.94. The second kappa shape index (κ2) is 6.62. The largest absolute Gasteiger partial charge is 0.340 e. The minimum atomic E-state index is -2.58. The number of piperazine rings is 1. The molecule has 1 saturated heterocycles. The number of hydrogen-bond donors (Lipinski definition) is 0. The van der Waals surface area contributed by atoms with Crippen LogP contribution in [-0.2, 0) is 11.3 Å². The van der Waals surface area contributed by atoms with Gasteiger partial charge in [0.1, 0.15) is 5.65 Å². The van der Waals surface area contributed by atoms with Crippen LogP contribution in [0.1, 0.15) is 18.5 Å². The Morgan fingerprint density at radius 2 is 2.04 bits per heavy atom. The van der Waals surface area contributed by atoms with E-state index in [0.29, 0.717) is 24.1 Å². The van der Waals surface area contributed by atoms with Crippen molar-refractivity contribution in [3.8, 4) is 0 Å². The van der Waals surface area contributed by atoms with Crippen LogP contribution in [0.2, 0.25) is 0 Å². The molecular formula is C16H20F2N4O. The summed E-state index contributed by atoms with van der Waals surface area (Å²) in [4.78, 5) is 20.5. The van der Waals surface area contributed by atoms with E-state index in [4.69, 9.17) is 0 Å². The van der Waals surface area contributed by atoms with Crippen LogP contribution >= 0.6 is 0 Å². The summed E-state index contributed by atoms with van der Waals surface area (Å²) in [6, 6.07) is 4.93. The number of carbonyl (C=O) groups excluding carboxylic acids is 1. The van der Waals surface area contributed by atoms with E-state index in [1.54, 1.807) is 23.2 Å². The number of pyridine rings is 1. The topological polar surface area (TPSA) is 41.4 Å². The SMILES string of the molecule is CN1CCN(C(=O)CCn2c(C(F)F)cc3cccnc32)CC1.